The summed E-state index contributed by atoms with van der Waals surface area (Å²) in [6, 6.07) is 9.35. The molecule has 118 valence electrons. The molecule has 1 heterocycles. The lowest BCUT2D eigenvalue weighted by molar-refractivity contribution is 0.0897. The number of benzene rings is 1. The van der Waals surface area contributed by atoms with Crippen molar-refractivity contribution < 1.29 is 4.74 Å². The first kappa shape index (κ1) is 16.3. The molecule has 0 bridgehead atoms. The monoisotopic (exact) mass is 291 g/mol. The van der Waals surface area contributed by atoms with Crippen LogP contribution in [0.5, 0.6) is 5.75 Å². The SMILES string of the molecule is CNC(c1ccc(OC(C)C)cc1)C1CN(C)CCN1C. The van der Waals surface area contributed by atoms with Gasteiger partial charge in [0.15, 0.2) is 0 Å². The molecule has 1 aliphatic rings. The maximum absolute atomic E-state index is 5.73. The van der Waals surface area contributed by atoms with E-state index in [1.807, 2.05) is 7.05 Å². The normalized spacial score (nSPS) is 22.5. The lowest BCUT2D eigenvalue weighted by atomic mass is 9.96. The highest BCUT2D eigenvalue weighted by atomic mass is 16.5. The average molecular weight is 291 g/mol. The fourth-order valence-corrected chi connectivity index (χ4v) is 3.01. The largest absolute Gasteiger partial charge is 0.491 e. The molecule has 2 rings (SSSR count). The second kappa shape index (κ2) is 7.25. The molecule has 4 nitrogen and oxygen atoms in total. The Balaban J connectivity index is 2.12. The number of hydrogen-bond donors (Lipinski definition) is 1. The Morgan fingerprint density at radius 2 is 1.81 bits per heavy atom. The maximum Gasteiger partial charge on any atom is 0.119 e. The summed E-state index contributed by atoms with van der Waals surface area (Å²) in [7, 11) is 6.47. The van der Waals surface area contributed by atoms with Crippen LogP contribution in [0.3, 0.4) is 0 Å². The van der Waals surface area contributed by atoms with Crippen LogP contribution >= 0.6 is 0 Å². The smallest absolute Gasteiger partial charge is 0.119 e. The quantitative estimate of drug-likeness (QED) is 0.898. The highest BCUT2D eigenvalue weighted by Gasteiger charge is 2.29. The molecule has 21 heavy (non-hydrogen) atoms. The van der Waals surface area contributed by atoms with Crippen molar-refractivity contribution in [1.29, 1.82) is 0 Å². The Bertz CT molecular complexity index is 432. The zero-order chi connectivity index (χ0) is 15.4. The summed E-state index contributed by atoms with van der Waals surface area (Å²) in [5.74, 6) is 0.942. The van der Waals surface area contributed by atoms with Crippen LogP contribution < -0.4 is 10.1 Å². The predicted octanol–water partition coefficient (Wildman–Crippen LogP) is 1.98. The van der Waals surface area contributed by atoms with E-state index in [1.54, 1.807) is 0 Å². The van der Waals surface area contributed by atoms with Gasteiger partial charge >= 0.3 is 0 Å². The van der Waals surface area contributed by atoms with Crippen LogP contribution in [0.15, 0.2) is 24.3 Å². The molecule has 2 atom stereocenters. The first-order valence-electron chi connectivity index (χ1n) is 7.84. The first-order valence-corrected chi connectivity index (χ1v) is 7.84. The first-order chi connectivity index (χ1) is 10.0. The van der Waals surface area contributed by atoms with Gasteiger partial charge in [0.2, 0.25) is 0 Å². The van der Waals surface area contributed by atoms with Gasteiger partial charge in [0.25, 0.3) is 0 Å². The van der Waals surface area contributed by atoms with Gasteiger partial charge in [0.1, 0.15) is 5.75 Å². The van der Waals surface area contributed by atoms with Crippen molar-refractivity contribution in [2.45, 2.75) is 32.0 Å². The molecule has 0 aliphatic carbocycles. The van der Waals surface area contributed by atoms with E-state index in [9.17, 15) is 0 Å². The molecule has 0 amide bonds. The number of hydrogen-bond acceptors (Lipinski definition) is 4. The van der Waals surface area contributed by atoms with Crippen LogP contribution in [0, 0.1) is 0 Å². The Morgan fingerprint density at radius 3 is 2.38 bits per heavy atom. The zero-order valence-electron chi connectivity index (χ0n) is 14.0. The highest BCUT2D eigenvalue weighted by molar-refractivity contribution is 5.30. The summed E-state index contributed by atoms with van der Waals surface area (Å²) in [6.07, 6.45) is 0.217. The van der Waals surface area contributed by atoms with E-state index in [1.165, 1.54) is 5.56 Å². The van der Waals surface area contributed by atoms with E-state index in [0.29, 0.717) is 12.1 Å². The number of piperazine rings is 1. The Hall–Kier alpha value is -1.10. The summed E-state index contributed by atoms with van der Waals surface area (Å²) in [5, 5.41) is 3.49. The lowest BCUT2D eigenvalue weighted by Crippen LogP contribution is -2.54. The lowest BCUT2D eigenvalue weighted by Gasteiger charge is -2.42. The third kappa shape index (κ3) is 4.19. The van der Waals surface area contributed by atoms with Gasteiger partial charge in [0, 0.05) is 31.7 Å². The average Bonchev–Trinajstić information content (AvgIpc) is 2.44. The van der Waals surface area contributed by atoms with E-state index < -0.39 is 0 Å². The summed E-state index contributed by atoms with van der Waals surface area (Å²) in [4.78, 5) is 4.87. The van der Waals surface area contributed by atoms with Gasteiger partial charge in [-0.1, -0.05) is 12.1 Å². The van der Waals surface area contributed by atoms with Crippen LogP contribution in [0.25, 0.3) is 0 Å². The predicted molar refractivity (Wildman–Crippen MR) is 87.9 cm³/mol. The van der Waals surface area contributed by atoms with Crippen LogP contribution in [0.1, 0.15) is 25.5 Å². The van der Waals surface area contributed by atoms with E-state index in [2.05, 4.69) is 67.3 Å². The van der Waals surface area contributed by atoms with Crippen molar-refractivity contribution in [3.63, 3.8) is 0 Å². The van der Waals surface area contributed by atoms with Crippen LogP contribution in [0.4, 0.5) is 0 Å². The molecular weight excluding hydrogens is 262 g/mol. The molecule has 2 unspecified atom stereocenters. The van der Waals surface area contributed by atoms with Gasteiger partial charge in [-0.3, -0.25) is 4.90 Å². The number of likely N-dealkylation sites (N-methyl/N-ethyl adjacent to an activating group) is 3. The minimum atomic E-state index is 0.217. The van der Waals surface area contributed by atoms with Crippen LogP contribution in [-0.2, 0) is 0 Å². The molecule has 1 aliphatic heterocycles. The number of nitrogens with zero attached hydrogens (tertiary/aromatic N) is 2. The minimum Gasteiger partial charge on any atom is -0.491 e. The Labute approximate surface area is 129 Å². The Morgan fingerprint density at radius 1 is 1.14 bits per heavy atom. The standard InChI is InChI=1S/C17H29N3O/c1-13(2)21-15-8-6-14(7-9-15)17(18-3)16-12-19(4)10-11-20(16)5/h6-9,13,16-18H,10-12H2,1-5H3. The summed E-state index contributed by atoms with van der Waals surface area (Å²) in [6.45, 7) is 7.46. The fourth-order valence-electron chi connectivity index (χ4n) is 3.01. The third-order valence-electron chi connectivity index (χ3n) is 4.21. The van der Waals surface area contributed by atoms with Crippen LogP contribution in [-0.4, -0.2) is 62.7 Å². The molecule has 1 aromatic rings. The van der Waals surface area contributed by atoms with Crippen molar-refractivity contribution in [3.8, 4) is 5.75 Å². The van der Waals surface area contributed by atoms with Crippen molar-refractivity contribution in [1.82, 2.24) is 15.1 Å². The van der Waals surface area contributed by atoms with Crippen molar-refractivity contribution >= 4 is 0 Å². The number of nitrogens with one attached hydrogen (secondary N) is 1. The second-order valence-corrected chi connectivity index (χ2v) is 6.31. The molecule has 1 saturated heterocycles. The summed E-state index contributed by atoms with van der Waals surface area (Å²) < 4.78 is 5.73. The van der Waals surface area contributed by atoms with E-state index in [-0.39, 0.29) is 6.10 Å². The Kier molecular flexibility index (Phi) is 5.62. The molecule has 1 N–H and O–H groups in total. The molecule has 0 spiro atoms. The highest BCUT2D eigenvalue weighted by Crippen LogP contribution is 2.25. The minimum absolute atomic E-state index is 0.217. The molecule has 1 fully saturated rings. The molecule has 1 aromatic carbocycles. The van der Waals surface area contributed by atoms with Gasteiger partial charge in [-0.25, -0.2) is 0 Å². The van der Waals surface area contributed by atoms with Gasteiger partial charge in [-0.05, 0) is 52.7 Å². The van der Waals surface area contributed by atoms with Crippen molar-refractivity contribution in [2.24, 2.45) is 0 Å². The zero-order valence-corrected chi connectivity index (χ0v) is 14.0. The number of rotatable bonds is 5. The fraction of sp³-hybridized carbons (Fsp3) is 0.647. The van der Waals surface area contributed by atoms with Crippen molar-refractivity contribution in [2.75, 3.05) is 40.8 Å². The number of ether oxygens (including phenoxy) is 1. The molecule has 0 saturated carbocycles. The topological polar surface area (TPSA) is 27.7 Å². The molecular formula is C17H29N3O. The second-order valence-electron chi connectivity index (χ2n) is 6.31. The van der Waals surface area contributed by atoms with E-state index in [4.69, 9.17) is 4.74 Å². The van der Waals surface area contributed by atoms with Gasteiger partial charge in [-0.15, -0.1) is 0 Å². The molecule has 0 aromatic heterocycles. The summed E-state index contributed by atoms with van der Waals surface area (Å²) in [5.41, 5.74) is 1.32. The van der Waals surface area contributed by atoms with Gasteiger partial charge in [-0.2, -0.15) is 0 Å². The summed E-state index contributed by atoms with van der Waals surface area (Å²) >= 11 is 0. The third-order valence-corrected chi connectivity index (χ3v) is 4.21. The van der Waals surface area contributed by atoms with Crippen LogP contribution in [0.2, 0.25) is 0 Å². The van der Waals surface area contributed by atoms with Gasteiger partial charge < -0.3 is 15.0 Å². The van der Waals surface area contributed by atoms with E-state index in [0.717, 1.165) is 25.4 Å². The van der Waals surface area contributed by atoms with E-state index >= 15 is 0 Å². The van der Waals surface area contributed by atoms with Gasteiger partial charge in [0.05, 0.1) is 6.10 Å². The maximum atomic E-state index is 5.73. The van der Waals surface area contributed by atoms with Crippen molar-refractivity contribution in [3.05, 3.63) is 29.8 Å². The molecule has 4 heteroatoms. The molecule has 0 radical (unpaired) electrons.